The van der Waals surface area contributed by atoms with E-state index in [1.165, 1.54) is 5.56 Å². The summed E-state index contributed by atoms with van der Waals surface area (Å²) in [6.45, 7) is 4.33. The van der Waals surface area contributed by atoms with Gasteiger partial charge in [-0.25, -0.2) is 9.97 Å². The second kappa shape index (κ2) is 5.69. The van der Waals surface area contributed by atoms with Gasteiger partial charge in [0.2, 0.25) is 5.91 Å². The lowest BCUT2D eigenvalue weighted by Crippen LogP contribution is -2.49. The minimum Gasteiger partial charge on any atom is -0.387 e. The van der Waals surface area contributed by atoms with Gasteiger partial charge in [-0.1, -0.05) is 6.92 Å². The van der Waals surface area contributed by atoms with Crippen molar-refractivity contribution in [3.63, 3.8) is 0 Å². The van der Waals surface area contributed by atoms with Gasteiger partial charge in [0.15, 0.2) is 0 Å². The third-order valence-electron chi connectivity index (χ3n) is 3.98. The van der Waals surface area contributed by atoms with Gasteiger partial charge < -0.3 is 19.9 Å². The zero-order valence-electron chi connectivity index (χ0n) is 12.0. The van der Waals surface area contributed by atoms with Gasteiger partial charge >= 0.3 is 0 Å². The first-order valence-corrected chi connectivity index (χ1v) is 7.19. The summed E-state index contributed by atoms with van der Waals surface area (Å²) in [5.41, 5.74) is 2.06. The fraction of sp³-hybridized carbons (Fsp3) is 0.500. The third kappa shape index (κ3) is 2.44. The van der Waals surface area contributed by atoms with Crippen molar-refractivity contribution in [2.24, 2.45) is 0 Å². The fourth-order valence-corrected chi connectivity index (χ4v) is 2.80. The van der Waals surface area contributed by atoms with Crippen molar-refractivity contribution < 1.29 is 9.90 Å². The van der Waals surface area contributed by atoms with Crippen LogP contribution in [0.2, 0.25) is 0 Å². The van der Waals surface area contributed by atoms with Gasteiger partial charge in [-0.05, 0) is 12.0 Å². The van der Waals surface area contributed by atoms with Crippen LogP contribution in [-0.2, 0) is 11.2 Å². The molecule has 0 spiro atoms. The minimum absolute atomic E-state index is 0.210. The number of nitrogens with one attached hydrogen (secondary N) is 1. The van der Waals surface area contributed by atoms with Crippen molar-refractivity contribution in [1.29, 1.82) is 0 Å². The van der Waals surface area contributed by atoms with Gasteiger partial charge in [0, 0.05) is 32.4 Å². The number of aryl methyl sites for hydroxylation is 1. The molecule has 2 N–H and O–H groups in total. The highest BCUT2D eigenvalue weighted by Gasteiger charge is 2.23. The maximum Gasteiger partial charge on any atom is 0.248 e. The number of aliphatic hydroxyl groups is 1. The highest BCUT2D eigenvalue weighted by atomic mass is 16.3. The van der Waals surface area contributed by atoms with Crippen molar-refractivity contribution in [3.05, 3.63) is 18.1 Å². The second-order valence-electron chi connectivity index (χ2n) is 5.11. The highest BCUT2D eigenvalue weighted by Crippen LogP contribution is 2.27. The fourth-order valence-electron chi connectivity index (χ4n) is 2.80. The molecule has 1 fully saturated rings. The Bertz CT molecular complexity index is 646. The SMILES string of the molecule is CCc1c[nH]c2ncnc(N3CCN(C(=O)CO)CC3)c12. The number of rotatable bonds is 3. The van der Waals surface area contributed by atoms with Gasteiger partial charge in [-0.2, -0.15) is 0 Å². The molecule has 2 aromatic rings. The summed E-state index contributed by atoms with van der Waals surface area (Å²) in [7, 11) is 0. The van der Waals surface area contributed by atoms with E-state index in [2.05, 4.69) is 26.8 Å². The summed E-state index contributed by atoms with van der Waals surface area (Å²) >= 11 is 0. The first kappa shape index (κ1) is 13.8. The average molecular weight is 289 g/mol. The van der Waals surface area contributed by atoms with Crippen molar-refractivity contribution >= 4 is 22.8 Å². The monoisotopic (exact) mass is 289 g/mol. The molecule has 3 rings (SSSR count). The maximum absolute atomic E-state index is 11.5. The van der Waals surface area contributed by atoms with E-state index in [1.807, 2.05) is 6.20 Å². The smallest absolute Gasteiger partial charge is 0.248 e. The lowest BCUT2D eigenvalue weighted by atomic mass is 10.1. The van der Waals surface area contributed by atoms with Crippen LogP contribution >= 0.6 is 0 Å². The largest absolute Gasteiger partial charge is 0.387 e. The molecule has 0 bridgehead atoms. The Balaban J connectivity index is 1.85. The lowest BCUT2D eigenvalue weighted by molar-refractivity contribution is -0.134. The van der Waals surface area contributed by atoms with E-state index in [4.69, 9.17) is 5.11 Å². The number of fused-ring (bicyclic) bond motifs is 1. The van der Waals surface area contributed by atoms with Crippen molar-refractivity contribution in [2.45, 2.75) is 13.3 Å². The molecule has 21 heavy (non-hydrogen) atoms. The van der Waals surface area contributed by atoms with E-state index in [9.17, 15) is 4.79 Å². The Morgan fingerprint density at radius 2 is 2.10 bits per heavy atom. The number of aromatic amines is 1. The predicted octanol–water partition coefficient (Wildman–Crippen LogP) is 0.161. The molecule has 0 radical (unpaired) electrons. The Hall–Kier alpha value is -2.15. The number of nitrogens with zero attached hydrogens (tertiary/aromatic N) is 4. The maximum atomic E-state index is 11.5. The number of aromatic nitrogens is 3. The summed E-state index contributed by atoms with van der Waals surface area (Å²) in [6, 6.07) is 0. The first-order valence-electron chi connectivity index (χ1n) is 7.19. The predicted molar refractivity (Wildman–Crippen MR) is 79.1 cm³/mol. The van der Waals surface area contributed by atoms with Gasteiger partial charge in [0.1, 0.15) is 24.4 Å². The van der Waals surface area contributed by atoms with Crippen LogP contribution < -0.4 is 4.90 Å². The number of amides is 1. The molecule has 7 heteroatoms. The number of anilines is 1. The van der Waals surface area contributed by atoms with Crippen LogP contribution in [0.4, 0.5) is 5.82 Å². The molecular weight excluding hydrogens is 270 g/mol. The van der Waals surface area contributed by atoms with E-state index in [0.29, 0.717) is 26.2 Å². The summed E-state index contributed by atoms with van der Waals surface area (Å²) < 4.78 is 0. The molecule has 1 aliphatic rings. The molecule has 112 valence electrons. The van der Waals surface area contributed by atoms with Crippen LogP contribution in [0.15, 0.2) is 12.5 Å². The quantitative estimate of drug-likeness (QED) is 0.841. The molecule has 1 amide bonds. The van der Waals surface area contributed by atoms with Crippen LogP contribution in [0.1, 0.15) is 12.5 Å². The molecule has 2 aromatic heterocycles. The summed E-state index contributed by atoms with van der Waals surface area (Å²) in [5.74, 6) is 0.715. The second-order valence-corrected chi connectivity index (χ2v) is 5.11. The van der Waals surface area contributed by atoms with Gasteiger partial charge in [0.05, 0.1) is 5.39 Å². The van der Waals surface area contributed by atoms with Gasteiger partial charge in [-0.15, -0.1) is 0 Å². The van der Waals surface area contributed by atoms with Crippen LogP contribution in [0, 0.1) is 0 Å². The van der Waals surface area contributed by atoms with Crippen LogP contribution in [0.25, 0.3) is 11.0 Å². The van der Waals surface area contributed by atoms with Crippen molar-refractivity contribution in [3.8, 4) is 0 Å². The first-order chi connectivity index (χ1) is 10.2. The number of piperazine rings is 1. The van der Waals surface area contributed by atoms with E-state index in [-0.39, 0.29) is 5.91 Å². The molecule has 1 saturated heterocycles. The number of hydrogen-bond acceptors (Lipinski definition) is 5. The standard InChI is InChI=1S/C14H19N5O2/c1-2-10-7-15-13-12(10)14(17-9-16-13)19-5-3-18(4-6-19)11(21)8-20/h7,9,20H,2-6,8H2,1H3,(H,15,16,17). The minimum atomic E-state index is -0.421. The van der Waals surface area contributed by atoms with Crippen molar-refractivity contribution in [1.82, 2.24) is 19.9 Å². The third-order valence-corrected chi connectivity index (χ3v) is 3.98. The topological polar surface area (TPSA) is 85.4 Å². The number of H-pyrrole nitrogens is 1. The summed E-state index contributed by atoms with van der Waals surface area (Å²) in [5, 5.41) is 9.99. The average Bonchev–Trinajstić information content (AvgIpc) is 2.97. The Morgan fingerprint density at radius 1 is 1.33 bits per heavy atom. The highest BCUT2D eigenvalue weighted by molar-refractivity contribution is 5.91. The molecule has 1 aliphatic heterocycles. The number of carbonyl (C=O) groups is 1. The van der Waals surface area contributed by atoms with E-state index in [1.54, 1.807) is 11.2 Å². The van der Waals surface area contributed by atoms with Crippen LogP contribution in [-0.4, -0.2) is 63.7 Å². The molecule has 0 aromatic carbocycles. The number of hydrogen-bond donors (Lipinski definition) is 2. The van der Waals surface area contributed by atoms with E-state index < -0.39 is 6.61 Å². The normalized spacial score (nSPS) is 15.7. The Morgan fingerprint density at radius 3 is 2.76 bits per heavy atom. The van der Waals surface area contributed by atoms with Gasteiger partial charge in [-0.3, -0.25) is 4.79 Å². The van der Waals surface area contributed by atoms with Gasteiger partial charge in [0.25, 0.3) is 0 Å². The zero-order chi connectivity index (χ0) is 14.8. The molecule has 0 aliphatic carbocycles. The molecule has 0 atom stereocenters. The van der Waals surface area contributed by atoms with E-state index in [0.717, 1.165) is 23.3 Å². The van der Waals surface area contributed by atoms with E-state index >= 15 is 0 Å². The van der Waals surface area contributed by atoms with Crippen LogP contribution in [0.5, 0.6) is 0 Å². The number of carbonyl (C=O) groups excluding carboxylic acids is 1. The lowest BCUT2D eigenvalue weighted by Gasteiger charge is -2.35. The van der Waals surface area contributed by atoms with Crippen LogP contribution in [0.3, 0.4) is 0 Å². The Kier molecular flexibility index (Phi) is 3.74. The summed E-state index contributed by atoms with van der Waals surface area (Å²) in [4.78, 5) is 27.3. The molecule has 0 unspecified atom stereocenters. The van der Waals surface area contributed by atoms with Crippen molar-refractivity contribution in [2.75, 3.05) is 37.7 Å². The zero-order valence-corrected chi connectivity index (χ0v) is 12.0. The molecule has 7 nitrogen and oxygen atoms in total. The molecule has 0 saturated carbocycles. The summed E-state index contributed by atoms with van der Waals surface area (Å²) in [6.07, 6.45) is 4.47. The number of aliphatic hydroxyl groups excluding tert-OH is 1. The Labute approximate surface area is 122 Å². The molecule has 3 heterocycles. The molecular formula is C14H19N5O2.